The van der Waals surface area contributed by atoms with Crippen molar-refractivity contribution in [2.45, 2.75) is 0 Å². The molecule has 0 bridgehead atoms. The molecule has 0 aliphatic heterocycles. The van der Waals surface area contributed by atoms with Crippen LogP contribution in [0.25, 0.3) is 0 Å². The lowest BCUT2D eigenvalue weighted by molar-refractivity contribution is 0.341. The molecule has 76 valence electrons. The quantitative estimate of drug-likeness (QED) is 0.509. The summed E-state index contributed by atoms with van der Waals surface area (Å²) in [6.07, 6.45) is 0. The molecule has 1 atom stereocenters. The lowest BCUT2D eigenvalue weighted by atomic mass is 9.80. The summed E-state index contributed by atoms with van der Waals surface area (Å²) in [6, 6.07) is 6.22. The van der Waals surface area contributed by atoms with Gasteiger partial charge in [0.25, 0.3) is 0 Å². The normalized spacial score (nSPS) is 12.2. The van der Waals surface area contributed by atoms with Crippen LogP contribution in [0.5, 0.6) is 0 Å². The first kappa shape index (κ1) is 11.2. The van der Waals surface area contributed by atoms with E-state index in [2.05, 4.69) is 9.38 Å². The Kier molecular flexibility index (Phi) is 4.08. The fraction of sp³-hybridized carbons (Fsp3) is 0.143. The van der Waals surface area contributed by atoms with Crippen molar-refractivity contribution in [1.29, 1.82) is 0 Å². The van der Waals surface area contributed by atoms with Gasteiger partial charge in [0.2, 0.25) is 0 Å². The number of rotatable bonds is 4. The summed E-state index contributed by atoms with van der Waals surface area (Å²) in [5.74, 6) is 0. The van der Waals surface area contributed by atoms with Crippen molar-refractivity contribution < 1.29 is 18.4 Å². The molecule has 0 aliphatic carbocycles. The second kappa shape index (κ2) is 5.11. The molecule has 1 unspecified atom stereocenters. The summed E-state index contributed by atoms with van der Waals surface area (Å²) in [7, 11) is 0.394. The van der Waals surface area contributed by atoms with Gasteiger partial charge in [0.15, 0.2) is 0 Å². The number of nitrogens with one attached hydrogen (secondary N) is 1. The zero-order chi connectivity index (χ0) is 10.6. The summed E-state index contributed by atoms with van der Waals surface area (Å²) in [4.78, 5) is 0. The van der Waals surface area contributed by atoms with E-state index >= 15 is 0 Å². The number of hydrogen-bond acceptors (Lipinski definition) is 4. The molecule has 0 saturated carbocycles. The van der Waals surface area contributed by atoms with Crippen LogP contribution in [-0.2, 0) is 15.9 Å². The van der Waals surface area contributed by atoms with E-state index in [1.54, 1.807) is 12.1 Å². The van der Waals surface area contributed by atoms with Crippen LogP contribution in [0.4, 0.5) is 5.69 Å². The molecule has 14 heavy (non-hydrogen) atoms. The Morgan fingerprint density at radius 2 is 2.07 bits per heavy atom. The van der Waals surface area contributed by atoms with Gasteiger partial charge in [0.1, 0.15) is 0 Å². The Hall–Kier alpha value is -0.885. The fourth-order valence-corrected chi connectivity index (χ4v) is 1.28. The first-order valence-corrected chi connectivity index (χ1v) is 4.87. The highest BCUT2D eigenvalue weighted by molar-refractivity contribution is 7.80. The molecule has 0 heterocycles. The molecule has 0 amide bonds. The van der Waals surface area contributed by atoms with Gasteiger partial charge in [-0.2, -0.15) is 0 Å². The first-order chi connectivity index (χ1) is 6.63. The Bertz CT molecular complexity index is 318. The van der Waals surface area contributed by atoms with Gasteiger partial charge >= 0.3 is 7.12 Å². The molecule has 1 rings (SSSR count). The number of anilines is 1. The van der Waals surface area contributed by atoms with E-state index in [-0.39, 0.29) is 0 Å². The predicted octanol–water partition coefficient (Wildman–Crippen LogP) is -0.774. The average molecular weight is 214 g/mol. The zero-order valence-electron chi connectivity index (χ0n) is 7.47. The van der Waals surface area contributed by atoms with E-state index in [1.807, 2.05) is 0 Å². The van der Waals surface area contributed by atoms with Crippen molar-refractivity contribution in [3.63, 3.8) is 0 Å². The largest absolute Gasteiger partial charge is 0.755 e. The lowest BCUT2D eigenvalue weighted by Crippen LogP contribution is -2.32. The van der Waals surface area contributed by atoms with Crippen LogP contribution in [0.3, 0.4) is 0 Å². The lowest BCUT2D eigenvalue weighted by Gasteiger charge is -2.09. The topological polar surface area (TPSA) is 81.6 Å². The van der Waals surface area contributed by atoms with Gasteiger partial charge in [0, 0.05) is 24.1 Å². The average Bonchev–Trinajstić information content (AvgIpc) is 2.17. The number of benzene rings is 1. The van der Waals surface area contributed by atoms with Crippen LogP contribution in [-0.4, -0.2) is 28.0 Å². The van der Waals surface area contributed by atoms with Crippen LogP contribution >= 0.6 is 0 Å². The van der Waals surface area contributed by atoms with Crippen LogP contribution in [0.15, 0.2) is 24.3 Å². The van der Waals surface area contributed by atoms with Gasteiger partial charge in [-0.05, 0) is 17.6 Å². The summed E-state index contributed by atoms with van der Waals surface area (Å²) in [6.45, 7) is 0. The molecule has 0 radical (unpaired) electrons. The Morgan fingerprint density at radius 1 is 1.50 bits per heavy atom. The molecule has 5 nitrogen and oxygen atoms in total. The van der Waals surface area contributed by atoms with Gasteiger partial charge in [-0.3, -0.25) is 4.21 Å². The smallest absolute Gasteiger partial charge is 0.490 e. The van der Waals surface area contributed by atoms with Crippen molar-refractivity contribution >= 4 is 29.5 Å². The monoisotopic (exact) mass is 214 g/mol. The molecule has 0 spiro atoms. The Labute approximate surface area is 84.7 Å². The highest BCUT2D eigenvalue weighted by atomic mass is 32.2. The maximum atomic E-state index is 10.3. The number of hydrogen-bond donors (Lipinski definition) is 2. The van der Waals surface area contributed by atoms with Crippen molar-refractivity contribution in [2.24, 2.45) is 0 Å². The molecular formula is C7H9BNO4S-. The fourth-order valence-electron chi connectivity index (χ4n) is 0.948. The Morgan fingerprint density at radius 3 is 2.50 bits per heavy atom. The van der Waals surface area contributed by atoms with E-state index in [1.165, 1.54) is 19.2 Å². The summed E-state index contributed by atoms with van der Waals surface area (Å²) in [5, 5.41) is 9.24. The van der Waals surface area contributed by atoms with Gasteiger partial charge in [-0.15, -0.1) is 0 Å². The minimum absolute atomic E-state index is 0.436. The van der Waals surface area contributed by atoms with Crippen LogP contribution in [0, 0.1) is 0 Å². The van der Waals surface area contributed by atoms with Crippen LogP contribution in [0.2, 0.25) is 0 Å². The molecular weight excluding hydrogens is 205 g/mol. The highest BCUT2D eigenvalue weighted by Crippen LogP contribution is 2.04. The zero-order valence-corrected chi connectivity index (χ0v) is 8.28. The molecule has 0 aliphatic rings. The molecule has 2 N–H and O–H groups in total. The molecule has 0 fully saturated rings. The highest BCUT2D eigenvalue weighted by Gasteiger charge is 2.13. The maximum absolute atomic E-state index is 10.3. The van der Waals surface area contributed by atoms with Gasteiger partial charge in [-0.25, -0.2) is 0 Å². The molecule has 7 heteroatoms. The summed E-state index contributed by atoms with van der Waals surface area (Å²) < 4.78 is 27.4. The summed E-state index contributed by atoms with van der Waals surface area (Å²) in [5.41, 5.74) is 1.00. The Balaban J connectivity index is 2.73. The van der Waals surface area contributed by atoms with Crippen LogP contribution < -0.4 is 10.2 Å². The van der Waals surface area contributed by atoms with Crippen molar-refractivity contribution in [3.8, 4) is 0 Å². The van der Waals surface area contributed by atoms with Crippen molar-refractivity contribution in [1.82, 2.24) is 0 Å². The van der Waals surface area contributed by atoms with Crippen molar-refractivity contribution in [3.05, 3.63) is 24.3 Å². The molecule has 0 aromatic heterocycles. The van der Waals surface area contributed by atoms with E-state index in [0.29, 0.717) is 11.2 Å². The van der Waals surface area contributed by atoms with Crippen molar-refractivity contribution in [2.75, 3.05) is 11.8 Å². The molecule has 1 aromatic carbocycles. The molecule has 0 saturated heterocycles. The SMILES string of the molecule is COB(O)c1ccc(NS(=O)[O-])cc1. The van der Waals surface area contributed by atoms with E-state index < -0.39 is 18.4 Å². The van der Waals surface area contributed by atoms with E-state index in [0.717, 1.165) is 0 Å². The van der Waals surface area contributed by atoms with Gasteiger partial charge in [0.05, 0.1) is 0 Å². The third-order valence-corrected chi connectivity index (χ3v) is 2.02. The maximum Gasteiger partial charge on any atom is 0.490 e. The third-order valence-electron chi connectivity index (χ3n) is 1.62. The summed E-state index contributed by atoms with van der Waals surface area (Å²) >= 11 is -2.33. The predicted molar refractivity (Wildman–Crippen MR) is 53.6 cm³/mol. The second-order valence-corrected chi connectivity index (χ2v) is 3.22. The second-order valence-electron chi connectivity index (χ2n) is 2.55. The minimum atomic E-state index is -2.33. The van der Waals surface area contributed by atoms with Gasteiger partial charge in [-0.1, -0.05) is 12.1 Å². The van der Waals surface area contributed by atoms with E-state index in [4.69, 9.17) is 0 Å². The first-order valence-electron chi connectivity index (χ1n) is 3.80. The molecule has 1 aromatic rings. The third kappa shape index (κ3) is 3.11. The van der Waals surface area contributed by atoms with E-state index in [9.17, 15) is 13.8 Å². The standard InChI is InChI=1S/C7H10BNO4S/c1-13-8(10)6-2-4-7(5-3-6)9-14(11)12/h2-5,9-10H,1H3,(H,11,12)/p-1. The van der Waals surface area contributed by atoms with Crippen LogP contribution in [0.1, 0.15) is 0 Å². The van der Waals surface area contributed by atoms with Gasteiger partial charge < -0.3 is 19.0 Å². The minimum Gasteiger partial charge on any atom is -0.755 e.